The SMILES string of the molecule is C#CCCNC(=O)c1c(F)ccc(N)c1F. The maximum Gasteiger partial charge on any atom is 0.257 e. The highest BCUT2D eigenvalue weighted by Gasteiger charge is 2.18. The van der Waals surface area contributed by atoms with Crippen LogP contribution in [0.2, 0.25) is 0 Å². The molecule has 0 saturated carbocycles. The first-order valence-electron chi connectivity index (χ1n) is 4.53. The lowest BCUT2D eigenvalue weighted by atomic mass is 10.1. The molecule has 3 nitrogen and oxygen atoms in total. The van der Waals surface area contributed by atoms with Gasteiger partial charge in [-0.3, -0.25) is 4.79 Å². The van der Waals surface area contributed by atoms with Crippen molar-refractivity contribution in [2.24, 2.45) is 0 Å². The van der Waals surface area contributed by atoms with Crippen molar-refractivity contribution in [2.45, 2.75) is 6.42 Å². The predicted molar refractivity (Wildman–Crippen MR) is 56.6 cm³/mol. The van der Waals surface area contributed by atoms with Gasteiger partial charge in [0.1, 0.15) is 11.4 Å². The average Bonchev–Trinajstić information content (AvgIpc) is 2.24. The number of amides is 1. The van der Waals surface area contributed by atoms with Crippen LogP contribution in [0.4, 0.5) is 14.5 Å². The van der Waals surface area contributed by atoms with Gasteiger partial charge in [0, 0.05) is 13.0 Å². The van der Waals surface area contributed by atoms with Crippen LogP contribution in [-0.2, 0) is 0 Å². The van der Waals surface area contributed by atoms with E-state index in [1.165, 1.54) is 0 Å². The maximum atomic E-state index is 13.4. The zero-order chi connectivity index (χ0) is 12.1. The molecular formula is C11H10F2N2O. The Morgan fingerprint density at radius 3 is 2.81 bits per heavy atom. The lowest BCUT2D eigenvalue weighted by molar-refractivity contribution is 0.0946. The van der Waals surface area contributed by atoms with Crippen LogP contribution in [0.1, 0.15) is 16.8 Å². The Balaban J connectivity index is 2.91. The first kappa shape index (κ1) is 12.0. The van der Waals surface area contributed by atoms with E-state index in [9.17, 15) is 13.6 Å². The molecular weight excluding hydrogens is 214 g/mol. The Kier molecular flexibility index (Phi) is 3.84. The number of nitrogen functional groups attached to an aromatic ring is 1. The van der Waals surface area contributed by atoms with Gasteiger partial charge in [-0.15, -0.1) is 12.3 Å². The van der Waals surface area contributed by atoms with Crippen molar-refractivity contribution in [1.82, 2.24) is 5.32 Å². The average molecular weight is 224 g/mol. The monoisotopic (exact) mass is 224 g/mol. The number of rotatable bonds is 3. The number of nitrogens with one attached hydrogen (secondary N) is 1. The summed E-state index contributed by atoms with van der Waals surface area (Å²) in [5, 5.41) is 2.29. The van der Waals surface area contributed by atoms with Gasteiger partial charge in [0.05, 0.1) is 5.69 Å². The van der Waals surface area contributed by atoms with Crippen LogP contribution in [0.25, 0.3) is 0 Å². The summed E-state index contributed by atoms with van der Waals surface area (Å²) >= 11 is 0. The van der Waals surface area contributed by atoms with Crippen molar-refractivity contribution >= 4 is 11.6 Å². The molecule has 0 fully saturated rings. The van der Waals surface area contributed by atoms with Crippen LogP contribution in [0.15, 0.2) is 12.1 Å². The number of carbonyl (C=O) groups excluding carboxylic acids is 1. The quantitative estimate of drug-likeness (QED) is 0.462. The van der Waals surface area contributed by atoms with Crippen molar-refractivity contribution in [3.63, 3.8) is 0 Å². The molecule has 0 aromatic heterocycles. The minimum atomic E-state index is -1.06. The van der Waals surface area contributed by atoms with E-state index < -0.39 is 23.1 Å². The largest absolute Gasteiger partial charge is 0.396 e. The summed E-state index contributed by atoms with van der Waals surface area (Å²) in [4.78, 5) is 11.4. The summed E-state index contributed by atoms with van der Waals surface area (Å²) < 4.78 is 26.5. The lowest BCUT2D eigenvalue weighted by Crippen LogP contribution is -2.26. The van der Waals surface area contributed by atoms with E-state index >= 15 is 0 Å². The fourth-order valence-electron chi connectivity index (χ4n) is 1.11. The van der Waals surface area contributed by atoms with Gasteiger partial charge >= 0.3 is 0 Å². The van der Waals surface area contributed by atoms with Crippen LogP contribution in [0.5, 0.6) is 0 Å². The minimum Gasteiger partial charge on any atom is -0.396 e. The van der Waals surface area contributed by atoms with E-state index in [1.807, 2.05) is 0 Å². The van der Waals surface area contributed by atoms with Gasteiger partial charge in [-0.2, -0.15) is 0 Å². The molecule has 5 heteroatoms. The second-order valence-corrected chi connectivity index (χ2v) is 3.04. The molecule has 0 unspecified atom stereocenters. The number of nitrogens with two attached hydrogens (primary N) is 1. The van der Waals surface area contributed by atoms with Crippen molar-refractivity contribution in [3.8, 4) is 12.3 Å². The van der Waals surface area contributed by atoms with Crippen LogP contribution in [0.3, 0.4) is 0 Å². The molecule has 0 heterocycles. The molecule has 3 N–H and O–H groups in total. The molecule has 84 valence electrons. The van der Waals surface area contributed by atoms with Crippen molar-refractivity contribution in [1.29, 1.82) is 0 Å². The Morgan fingerprint density at radius 2 is 2.19 bits per heavy atom. The van der Waals surface area contributed by atoms with E-state index in [1.54, 1.807) is 0 Å². The highest BCUT2D eigenvalue weighted by molar-refractivity contribution is 5.95. The molecule has 1 aromatic rings. The Morgan fingerprint density at radius 1 is 1.50 bits per heavy atom. The van der Waals surface area contributed by atoms with Gasteiger partial charge < -0.3 is 11.1 Å². The lowest BCUT2D eigenvalue weighted by Gasteiger charge is -2.07. The van der Waals surface area contributed by atoms with E-state index in [4.69, 9.17) is 12.2 Å². The minimum absolute atomic E-state index is 0.156. The molecule has 1 aromatic carbocycles. The fraction of sp³-hybridized carbons (Fsp3) is 0.182. The maximum absolute atomic E-state index is 13.4. The van der Waals surface area contributed by atoms with Crippen LogP contribution in [0, 0.1) is 24.0 Å². The topological polar surface area (TPSA) is 55.1 Å². The summed E-state index contributed by atoms with van der Waals surface area (Å²) in [5.74, 6) is -0.586. The zero-order valence-corrected chi connectivity index (χ0v) is 8.39. The summed E-state index contributed by atoms with van der Waals surface area (Å²) in [6, 6.07) is 2.00. The Bertz CT molecular complexity index is 452. The molecule has 0 atom stereocenters. The first-order valence-corrected chi connectivity index (χ1v) is 4.53. The number of anilines is 1. The van der Waals surface area contributed by atoms with Crippen LogP contribution in [-0.4, -0.2) is 12.5 Å². The number of terminal acetylenes is 1. The predicted octanol–water partition coefficient (Wildman–Crippen LogP) is 1.30. The highest BCUT2D eigenvalue weighted by Crippen LogP contribution is 2.18. The van der Waals surface area contributed by atoms with Gasteiger partial charge in [-0.25, -0.2) is 8.78 Å². The van der Waals surface area contributed by atoms with Gasteiger partial charge in [-0.05, 0) is 12.1 Å². The smallest absolute Gasteiger partial charge is 0.257 e. The third-order valence-electron chi connectivity index (χ3n) is 1.90. The second-order valence-electron chi connectivity index (χ2n) is 3.04. The zero-order valence-electron chi connectivity index (χ0n) is 8.39. The van der Waals surface area contributed by atoms with Gasteiger partial charge in [-0.1, -0.05) is 0 Å². The normalized spacial score (nSPS) is 9.56. The van der Waals surface area contributed by atoms with Crippen molar-refractivity contribution < 1.29 is 13.6 Å². The molecule has 0 saturated heterocycles. The summed E-state index contributed by atoms with van der Waals surface area (Å²) in [6.45, 7) is 0.156. The number of halogens is 2. The van der Waals surface area contributed by atoms with Gasteiger partial charge in [0.25, 0.3) is 5.91 Å². The van der Waals surface area contributed by atoms with E-state index in [-0.39, 0.29) is 18.7 Å². The fourth-order valence-corrected chi connectivity index (χ4v) is 1.11. The van der Waals surface area contributed by atoms with E-state index in [2.05, 4.69) is 11.2 Å². The number of hydrogen-bond acceptors (Lipinski definition) is 2. The molecule has 16 heavy (non-hydrogen) atoms. The third kappa shape index (κ3) is 2.48. The summed E-state index contributed by atoms with van der Waals surface area (Å²) in [7, 11) is 0. The van der Waals surface area contributed by atoms with Crippen LogP contribution < -0.4 is 11.1 Å². The molecule has 1 rings (SSSR count). The molecule has 0 aliphatic heterocycles. The molecule has 1 amide bonds. The molecule has 0 radical (unpaired) electrons. The van der Waals surface area contributed by atoms with E-state index in [0.717, 1.165) is 12.1 Å². The van der Waals surface area contributed by atoms with Crippen molar-refractivity contribution in [3.05, 3.63) is 29.3 Å². The standard InChI is InChI=1S/C11H10F2N2O/c1-2-3-6-15-11(16)9-7(12)4-5-8(14)10(9)13/h1,4-5H,3,6,14H2,(H,15,16). The van der Waals surface area contributed by atoms with Gasteiger partial charge in [0.15, 0.2) is 5.82 Å². The van der Waals surface area contributed by atoms with E-state index in [0.29, 0.717) is 0 Å². The van der Waals surface area contributed by atoms with Gasteiger partial charge in [0.2, 0.25) is 0 Å². The first-order chi connectivity index (χ1) is 7.57. The third-order valence-corrected chi connectivity index (χ3v) is 1.90. The Hall–Kier alpha value is -2.09. The Labute approximate surface area is 91.6 Å². The number of benzene rings is 1. The number of carbonyl (C=O) groups is 1. The molecule has 0 spiro atoms. The molecule has 0 bridgehead atoms. The molecule has 0 aliphatic rings. The second kappa shape index (κ2) is 5.12. The van der Waals surface area contributed by atoms with Crippen molar-refractivity contribution in [2.75, 3.05) is 12.3 Å². The summed E-state index contributed by atoms with van der Waals surface area (Å²) in [6.07, 6.45) is 5.26. The van der Waals surface area contributed by atoms with Crippen LogP contribution >= 0.6 is 0 Å². The number of hydrogen-bond donors (Lipinski definition) is 2. The molecule has 0 aliphatic carbocycles. The highest BCUT2D eigenvalue weighted by atomic mass is 19.1. The summed E-state index contributed by atoms with van der Waals surface area (Å²) in [5.41, 5.74) is 4.27.